The van der Waals surface area contributed by atoms with Crippen LogP contribution in [0.5, 0.6) is 0 Å². The van der Waals surface area contributed by atoms with Crippen molar-refractivity contribution in [2.24, 2.45) is 0 Å². The lowest BCUT2D eigenvalue weighted by molar-refractivity contribution is 0.397. The normalized spacial score (nSPS) is 12.1. The molecule has 0 fully saturated rings. The molecule has 0 atom stereocenters. The highest BCUT2D eigenvalue weighted by molar-refractivity contribution is 8.24. The molecule has 3 rings (SSSR count). The predicted octanol–water partition coefficient (Wildman–Crippen LogP) is 4.65. The van der Waals surface area contributed by atoms with Crippen LogP contribution in [0.2, 0.25) is 0 Å². The molecule has 0 aromatic heterocycles. The van der Waals surface area contributed by atoms with Gasteiger partial charge in [0.25, 0.3) is 0 Å². The molecule has 1 N–H and O–H groups in total. The highest BCUT2D eigenvalue weighted by Gasteiger charge is 2.30. The van der Waals surface area contributed by atoms with Crippen molar-refractivity contribution in [2.75, 3.05) is 0 Å². The van der Waals surface area contributed by atoms with Crippen LogP contribution in [-0.4, -0.2) is 5.11 Å². The molecule has 3 aromatic rings. The molecule has 4 heteroatoms. The van der Waals surface area contributed by atoms with Gasteiger partial charge in [0.05, 0.1) is 6.04 Å². The van der Waals surface area contributed by atoms with E-state index in [4.69, 9.17) is 11.8 Å². The Kier molecular flexibility index (Phi) is 5.68. The van der Waals surface area contributed by atoms with E-state index in [0.717, 1.165) is 16.2 Å². The first-order valence-corrected chi connectivity index (χ1v) is 11.0. The Hall–Kier alpha value is -2.66. The maximum atomic E-state index is 10.8. The number of allylic oxidation sites excluding steroid dienone is 2. The van der Waals surface area contributed by atoms with Crippen molar-refractivity contribution in [3.63, 3.8) is 0 Å². The van der Waals surface area contributed by atoms with Gasteiger partial charge in [0.1, 0.15) is 17.1 Å². The molecule has 0 radical (unpaired) electrons. The van der Waals surface area contributed by atoms with Crippen molar-refractivity contribution in [3.05, 3.63) is 108 Å². The van der Waals surface area contributed by atoms with Gasteiger partial charge < -0.3 is 5.11 Å². The van der Waals surface area contributed by atoms with Crippen LogP contribution in [0.3, 0.4) is 0 Å². The van der Waals surface area contributed by atoms with Crippen LogP contribution in [0.15, 0.2) is 102 Å². The van der Waals surface area contributed by atoms with Crippen LogP contribution in [0.25, 0.3) is 0 Å². The Bertz CT molecular complexity index is 949. The maximum Gasteiger partial charge on any atom is 0.116 e. The summed E-state index contributed by atoms with van der Waals surface area (Å²) in [5.41, 5.74) is 0.945. The molecular formula is C22H18NOPS. The van der Waals surface area contributed by atoms with Gasteiger partial charge in [0.15, 0.2) is 0 Å². The van der Waals surface area contributed by atoms with Gasteiger partial charge in [-0.15, -0.1) is 0 Å². The third-order valence-corrected chi connectivity index (χ3v) is 9.00. The molecule has 0 heterocycles. The van der Waals surface area contributed by atoms with Crippen LogP contribution >= 0.6 is 6.04 Å². The van der Waals surface area contributed by atoms with E-state index in [1.807, 2.05) is 91.0 Å². The smallest absolute Gasteiger partial charge is 0.116 e. The van der Waals surface area contributed by atoms with Crippen LogP contribution in [0.1, 0.15) is 5.56 Å². The van der Waals surface area contributed by atoms with E-state index in [-0.39, 0.29) is 5.76 Å². The zero-order chi connectivity index (χ0) is 18.4. The molecule has 0 bridgehead atoms. The predicted molar refractivity (Wildman–Crippen MR) is 112 cm³/mol. The molecule has 0 amide bonds. The monoisotopic (exact) mass is 375 g/mol. The van der Waals surface area contributed by atoms with Gasteiger partial charge in [-0.3, -0.25) is 0 Å². The van der Waals surface area contributed by atoms with Crippen LogP contribution < -0.4 is 10.6 Å². The van der Waals surface area contributed by atoms with Crippen molar-refractivity contribution >= 4 is 28.5 Å². The molecule has 0 saturated carbocycles. The zero-order valence-electron chi connectivity index (χ0n) is 14.1. The molecule has 26 heavy (non-hydrogen) atoms. The van der Waals surface area contributed by atoms with Crippen LogP contribution in [0.4, 0.5) is 0 Å². The fourth-order valence-electron chi connectivity index (χ4n) is 2.87. The summed E-state index contributed by atoms with van der Waals surface area (Å²) >= 11 is 6.12. The molecule has 0 saturated heterocycles. The second kappa shape index (κ2) is 8.15. The van der Waals surface area contributed by atoms with Gasteiger partial charge >= 0.3 is 0 Å². The van der Waals surface area contributed by atoms with Gasteiger partial charge in [0.2, 0.25) is 0 Å². The van der Waals surface area contributed by atoms with Gasteiger partial charge in [-0.1, -0.05) is 103 Å². The number of hydrogen-bond acceptors (Lipinski definition) is 3. The maximum absolute atomic E-state index is 10.8. The van der Waals surface area contributed by atoms with Gasteiger partial charge in [0, 0.05) is 6.42 Å². The summed E-state index contributed by atoms with van der Waals surface area (Å²) in [4.78, 5) is 0. The first kappa shape index (κ1) is 18.1. The summed E-state index contributed by atoms with van der Waals surface area (Å²) in [5, 5.41) is 22.9. The van der Waals surface area contributed by atoms with Crippen molar-refractivity contribution < 1.29 is 5.11 Å². The average Bonchev–Trinajstić information content (AvgIpc) is 2.70. The third kappa shape index (κ3) is 3.63. The topological polar surface area (TPSA) is 44.0 Å². The first-order valence-electron chi connectivity index (χ1n) is 8.24. The summed E-state index contributed by atoms with van der Waals surface area (Å²) in [6.07, 6.45) is 0.293. The van der Waals surface area contributed by atoms with Crippen molar-refractivity contribution in [1.29, 1.82) is 5.26 Å². The van der Waals surface area contributed by atoms with E-state index >= 15 is 0 Å². The second-order valence-corrected chi connectivity index (χ2v) is 10.2. The van der Waals surface area contributed by atoms with Crippen molar-refractivity contribution in [2.45, 2.75) is 6.42 Å². The summed E-state index contributed by atoms with van der Waals surface area (Å²) in [7, 11) is 0. The lowest BCUT2D eigenvalue weighted by Gasteiger charge is -2.23. The SMILES string of the molecule is N#CC(=C(O)Cc1ccccc1)P(=S)(c1ccccc1)c1ccccc1. The molecule has 0 aliphatic heterocycles. The second-order valence-electron chi connectivity index (χ2n) is 5.85. The molecule has 0 aliphatic rings. The van der Waals surface area contributed by atoms with E-state index < -0.39 is 6.04 Å². The fraction of sp³-hybridized carbons (Fsp3) is 0.0455. The van der Waals surface area contributed by atoms with Gasteiger partial charge in [-0.2, -0.15) is 5.26 Å². The molecule has 3 aromatic carbocycles. The lowest BCUT2D eigenvalue weighted by atomic mass is 10.1. The third-order valence-electron chi connectivity index (χ3n) is 4.15. The van der Waals surface area contributed by atoms with Crippen molar-refractivity contribution in [1.82, 2.24) is 0 Å². The minimum atomic E-state index is -2.63. The molecule has 0 aliphatic carbocycles. The van der Waals surface area contributed by atoms with Crippen LogP contribution in [0, 0.1) is 11.3 Å². The Labute approximate surface area is 159 Å². The Balaban J connectivity index is 2.19. The average molecular weight is 375 g/mol. The molecule has 128 valence electrons. The van der Waals surface area contributed by atoms with Crippen LogP contribution in [-0.2, 0) is 18.2 Å². The minimum absolute atomic E-state index is 0.0507. The summed E-state index contributed by atoms with van der Waals surface area (Å²) < 4.78 is 0. The van der Waals surface area contributed by atoms with Gasteiger partial charge in [-0.05, 0) is 16.2 Å². The number of rotatable bonds is 5. The highest BCUT2D eigenvalue weighted by atomic mass is 32.4. The number of hydrogen-bond donors (Lipinski definition) is 1. The molecular weight excluding hydrogens is 357 g/mol. The number of nitriles is 1. The zero-order valence-corrected chi connectivity index (χ0v) is 15.8. The highest BCUT2D eigenvalue weighted by Crippen LogP contribution is 2.53. The van der Waals surface area contributed by atoms with Crippen molar-refractivity contribution in [3.8, 4) is 6.07 Å². The summed E-state index contributed by atoms with van der Waals surface area (Å²) in [5.74, 6) is 0.0507. The minimum Gasteiger partial charge on any atom is -0.510 e. The lowest BCUT2D eigenvalue weighted by Crippen LogP contribution is -2.18. The largest absolute Gasteiger partial charge is 0.510 e. The van der Waals surface area contributed by atoms with E-state index in [9.17, 15) is 10.4 Å². The number of benzene rings is 3. The van der Waals surface area contributed by atoms with E-state index in [2.05, 4.69) is 6.07 Å². The number of nitrogens with zero attached hydrogens (tertiary/aromatic N) is 1. The number of aliphatic hydroxyl groups is 1. The Morgan fingerprint density at radius 1 is 0.808 bits per heavy atom. The molecule has 2 nitrogen and oxygen atoms in total. The Morgan fingerprint density at radius 2 is 1.23 bits per heavy atom. The summed E-state index contributed by atoms with van der Waals surface area (Å²) in [6, 6.07) is 28.5. The van der Waals surface area contributed by atoms with E-state index in [1.54, 1.807) is 0 Å². The summed E-state index contributed by atoms with van der Waals surface area (Å²) in [6.45, 7) is 0. The van der Waals surface area contributed by atoms with E-state index in [1.165, 1.54) is 0 Å². The fourth-order valence-corrected chi connectivity index (χ4v) is 6.62. The first-order chi connectivity index (χ1) is 12.7. The standard InChI is InChI=1S/C22H18NOPS/c23-17-22(21(24)16-18-10-4-1-5-11-18)25(26,19-12-6-2-7-13-19)20-14-8-3-9-15-20/h1-15,24H,16H2. The molecule has 0 unspecified atom stereocenters. The molecule has 0 spiro atoms. The quantitative estimate of drug-likeness (QED) is 0.401. The number of aliphatic hydroxyl groups excluding tert-OH is 1. The van der Waals surface area contributed by atoms with Gasteiger partial charge in [-0.25, -0.2) is 0 Å². The Morgan fingerprint density at radius 3 is 1.65 bits per heavy atom. The van der Waals surface area contributed by atoms with E-state index in [0.29, 0.717) is 11.7 Å².